The SMILES string of the molecule is CNS(=O)(=O)c1ccc(N2CC3CCC2C3)cc1N. The molecule has 1 heterocycles. The van der Waals surface area contributed by atoms with E-state index < -0.39 is 10.0 Å². The van der Waals surface area contributed by atoms with Gasteiger partial charge in [-0.25, -0.2) is 13.1 Å². The summed E-state index contributed by atoms with van der Waals surface area (Å²) in [7, 11) is -2.08. The van der Waals surface area contributed by atoms with Gasteiger partial charge in [0.1, 0.15) is 4.90 Å². The van der Waals surface area contributed by atoms with Gasteiger partial charge in [0.15, 0.2) is 0 Å². The van der Waals surface area contributed by atoms with Gasteiger partial charge < -0.3 is 10.6 Å². The molecule has 2 fully saturated rings. The standard InChI is InChI=1S/C13H19N3O2S/c1-15-19(17,18)13-5-4-11(7-12(13)14)16-8-9-2-3-10(16)6-9/h4-5,7,9-10,15H,2-3,6,8,14H2,1H3. The fraction of sp³-hybridized carbons (Fsp3) is 0.538. The number of rotatable bonds is 3. The quantitative estimate of drug-likeness (QED) is 0.815. The molecule has 3 rings (SSSR count). The number of hydrogen-bond donors (Lipinski definition) is 2. The molecule has 1 aliphatic carbocycles. The first kappa shape index (κ1) is 12.7. The van der Waals surface area contributed by atoms with Gasteiger partial charge in [0.25, 0.3) is 0 Å². The Morgan fingerprint density at radius 2 is 2.16 bits per heavy atom. The summed E-state index contributed by atoms with van der Waals surface area (Å²) >= 11 is 0. The molecule has 1 saturated carbocycles. The largest absolute Gasteiger partial charge is 0.398 e. The smallest absolute Gasteiger partial charge is 0.242 e. The van der Waals surface area contributed by atoms with E-state index in [1.807, 2.05) is 6.07 Å². The van der Waals surface area contributed by atoms with Crippen molar-refractivity contribution in [1.29, 1.82) is 0 Å². The lowest BCUT2D eigenvalue weighted by Crippen LogP contribution is -2.32. The maximum atomic E-state index is 11.8. The molecule has 5 nitrogen and oxygen atoms in total. The van der Waals surface area contributed by atoms with Crippen LogP contribution in [0.25, 0.3) is 0 Å². The van der Waals surface area contributed by atoms with Crippen molar-refractivity contribution < 1.29 is 8.42 Å². The van der Waals surface area contributed by atoms with Crippen molar-refractivity contribution in [2.45, 2.75) is 30.2 Å². The molecular formula is C13H19N3O2S. The maximum absolute atomic E-state index is 11.8. The molecule has 1 aromatic rings. The lowest BCUT2D eigenvalue weighted by molar-refractivity contribution is 0.553. The Morgan fingerprint density at radius 3 is 2.68 bits per heavy atom. The minimum Gasteiger partial charge on any atom is -0.398 e. The molecule has 2 atom stereocenters. The van der Waals surface area contributed by atoms with Crippen LogP contribution in [-0.4, -0.2) is 28.1 Å². The van der Waals surface area contributed by atoms with Crippen molar-refractivity contribution in [2.75, 3.05) is 24.2 Å². The summed E-state index contributed by atoms with van der Waals surface area (Å²) in [6, 6.07) is 5.85. The Morgan fingerprint density at radius 1 is 1.37 bits per heavy atom. The summed E-state index contributed by atoms with van der Waals surface area (Å²) < 4.78 is 25.8. The summed E-state index contributed by atoms with van der Waals surface area (Å²) in [5.41, 5.74) is 7.26. The van der Waals surface area contributed by atoms with Crippen LogP contribution < -0.4 is 15.4 Å². The van der Waals surface area contributed by atoms with Crippen LogP contribution in [0.4, 0.5) is 11.4 Å². The predicted octanol–water partition coefficient (Wildman–Crippen LogP) is 1.17. The molecule has 0 radical (unpaired) electrons. The van der Waals surface area contributed by atoms with Crippen molar-refractivity contribution in [3.05, 3.63) is 18.2 Å². The van der Waals surface area contributed by atoms with E-state index in [1.165, 1.54) is 26.3 Å². The third kappa shape index (κ3) is 2.08. The van der Waals surface area contributed by atoms with Gasteiger partial charge in [-0.2, -0.15) is 0 Å². The van der Waals surface area contributed by atoms with Crippen LogP contribution in [0.1, 0.15) is 19.3 Å². The Labute approximate surface area is 113 Å². The zero-order valence-electron chi connectivity index (χ0n) is 11.0. The second-order valence-electron chi connectivity index (χ2n) is 5.41. The monoisotopic (exact) mass is 281 g/mol. The first-order chi connectivity index (χ1) is 9.01. The first-order valence-corrected chi connectivity index (χ1v) is 8.09. The van der Waals surface area contributed by atoms with Crippen LogP contribution >= 0.6 is 0 Å². The van der Waals surface area contributed by atoms with E-state index in [0.29, 0.717) is 11.7 Å². The van der Waals surface area contributed by atoms with Gasteiger partial charge >= 0.3 is 0 Å². The zero-order valence-corrected chi connectivity index (χ0v) is 11.8. The summed E-state index contributed by atoms with van der Waals surface area (Å²) in [4.78, 5) is 2.52. The number of nitrogen functional groups attached to an aromatic ring is 1. The van der Waals surface area contributed by atoms with Crippen LogP contribution in [0, 0.1) is 5.92 Å². The third-order valence-corrected chi connectivity index (χ3v) is 5.78. The molecule has 1 aromatic carbocycles. The van der Waals surface area contributed by atoms with Gasteiger partial charge in [-0.1, -0.05) is 0 Å². The number of sulfonamides is 1. The van der Waals surface area contributed by atoms with E-state index in [1.54, 1.807) is 12.1 Å². The minimum absolute atomic E-state index is 0.156. The number of nitrogens with zero attached hydrogens (tertiary/aromatic N) is 1. The average molecular weight is 281 g/mol. The molecule has 6 heteroatoms. The Balaban J connectivity index is 1.92. The van der Waals surface area contributed by atoms with Gasteiger partial charge in [-0.3, -0.25) is 0 Å². The van der Waals surface area contributed by atoms with Crippen molar-refractivity contribution in [1.82, 2.24) is 4.72 Å². The third-order valence-electron chi connectivity index (χ3n) is 4.29. The van der Waals surface area contributed by atoms with E-state index >= 15 is 0 Å². The van der Waals surface area contributed by atoms with Crippen molar-refractivity contribution in [3.63, 3.8) is 0 Å². The second-order valence-corrected chi connectivity index (χ2v) is 7.27. The second kappa shape index (κ2) is 4.38. The molecule has 0 spiro atoms. The topological polar surface area (TPSA) is 75.4 Å². The van der Waals surface area contributed by atoms with Crippen LogP contribution in [0.5, 0.6) is 0 Å². The Bertz CT molecular complexity index is 600. The highest BCUT2D eigenvalue weighted by atomic mass is 32.2. The van der Waals surface area contributed by atoms with Crippen LogP contribution in [0.15, 0.2) is 23.1 Å². The first-order valence-electron chi connectivity index (χ1n) is 6.61. The molecule has 2 aliphatic rings. The fourth-order valence-electron chi connectivity index (χ4n) is 3.31. The van der Waals surface area contributed by atoms with Gasteiger partial charge in [0, 0.05) is 18.3 Å². The van der Waals surface area contributed by atoms with E-state index in [9.17, 15) is 8.42 Å². The van der Waals surface area contributed by atoms with E-state index in [0.717, 1.165) is 18.2 Å². The highest BCUT2D eigenvalue weighted by Gasteiger charge is 2.37. The van der Waals surface area contributed by atoms with Crippen LogP contribution in [-0.2, 0) is 10.0 Å². The fourth-order valence-corrected chi connectivity index (χ4v) is 4.15. The number of nitrogens with one attached hydrogen (secondary N) is 1. The molecular weight excluding hydrogens is 262 g/mol. The molecule has 0 amide bonds. The summed E-state index contributed by atoms with van der Waals surface area (Å²) in [6.45, 7) is 1.07. The normalized spacial score (nSPS) is 26.1. The van der Waals surface area contributed by atoms with Crippen molar-refractivity contribution in [3.8, 4) is 0 Å². The van der Waals surface area contributed by atoms with Gasteiger partial charge in [0.2, 0.25) is 10.0 Å². The van der Waals surface area contributed by atoms with Crippen molar-refractivity contribution in [2.24, 2.45) is 5.92 Å². The van der Waals surface area contributed by atoms with E-state index in [-0.39, 0.29) is 4.90 Å². The molecule has 0 aromatic heterocycles. The lowest BCUT2D eigenvalue weighted by atomic mass is 10.1. The minimum atomic E-state index is -3.47. The average Bonchev–Trinajstić information content (AvgIpc) is 3.00. The van der Waals surface area contributed by atoms with Gasteiger partial charge in [-0.05, 0) is 50.4 Å². The zero-order chi connectivity index (χ0) is 13.6. The van der Waals surface area contributed by atoms with Crippen molar-refractivity contribution >= 4 is 21.4 Å². The number of hydrogen-bond acceptors (Lipinski definition) is 4. The summed E-state index contributed by atoms with van der Waals surface area (Å²) in [6.07, 6.45) is 3.82. The highest BCUT2D eigenvalue weighted by Crippen LogP contribution is 2.40. The number of piperidine rings is 1. The molecule has 19 heavy (non-hydrogen) atoms. The van der Waals surface area contributed by atoms with E-state index in [2.05, 4.69) is 9.62 Å². The molecule has 1 aliphatic heterocycles. The Hall–Kier alpha value is -1.27. The maximum Gasteiger partial charge on any atom is 0.242 e. The summed E-state index contributed by atoms with van der Waals surface area (Å²) in [5.74, 6) is 0.798. The van der Waals surface area contributed by atoms with Crippen LogP contribution in [0.3, 0.4) is 0 Å². The number of benzene rings is 1. The number of anilines is 2. The van der Waals surface area contributed by atoms with Gasteiger partial charge in [-0.15, -0.1) is 0 Å². The Kier molecular flexibility index (Phi) is 2.94. The number of nitrogens with two attached hydrogens (primary N) is 1. The molecule has 1 saturated heterocycles. The molecule has 2 unspecified atom stereocenters. The highest BCUT2D eigenvalue weighted by molar-refractivity contribution is 7.89. The molecule has 3 N–H and O–H groups in total. The summed E-state index contributed by atoms with van der Waals surface area (Å²) in [5, 5.41) is 0. The number of fused-ring (bicyclic) bond motifs is 2. The lowest BCUT2D eigenvalue weighted by Gasteiger charge is -2.29. The molecule has 2 bridgehead atoms. The van der Waals surface area contributed by atoms with Crippen LogP contribution in [0.2, 0.25) is 0 Å². The van der Waals surface area contributed by atoms with Gasteiger partial charge in [0.05, 0.1) is 5.69 Å². The molecule has 104 valence electrons. The predicted molar refractivity (Wildman–Crippen MR) is 75.6 cm³/mol. The van der Waals surface area contributed by atoms with E-state index in [4.69, 9.17) is 5.73 Å².